The van der Waals surface area contributed by atoms with Crippen LogP contribution in [0.15, 0.2) is 60.7 Å². The molecule has 0 fully saturated rings. The molecule has 2 aromatic carbocycles. The molecule has 0 unspecified atom stereocenters. The largest absolute Gasteiger partial charge is 0.465 e. The van der Waals surface area contributed by atoms with E-state index in [9.17, 15) is 4.79 Å². The number of carbonyl (C=O) groups is 1. The second-order valence-corrected chi connectivity index (χ2v) is 5.54. The molecule has 108 valence electrons. The van der Waals surface area contributed by atoms with E-state index >= 15 is 0 Å². The Kier molecular flexibility index (Phi) is 4.59. The van der Waals surface area contributed by atoms with Crippen LogP contribution in [0.1, 0.15) is 35.3 Å². The highest BCUT2D eigenvalue weighted by molar-refractivity contribution is 5.90. The summed E-state index contributed by atoms with van der Waals surface area (Å²) >= 11 is 0. The van der Waals surface area contributed by atoms with E-state index in [-0.39, 0.29) is 11.4 Å². The minimum atomic E-state index is -0.312. The molecule has 2 aromatic rings. The minimum Gasteiger partial charge on any atom is -0.465 e. The maximum atomic E-state index is 11.5. The quantitative estimate of drug-likeness (QED) is 0.773. The van der Waals surface area contributed by atoms with Crippen LogP contribution >= 0.6 is 0 Å². The molecule has 0 saturated carbocycles. The Labute approximate surface area is 126 Å². The van der Waals surface area contributed by atoms with Gasteiger partial charge in [-0.1, -0.05) is 68.5 Å². The normalized spacial score (nSPS) is 11.6. The number of benzene rings is 2. The molecule has 0 amide bonds. The van der Waals surface area contributed by atoms with Crippen molar-refractivity contribution in [1.82, 2.24) is 0 Å². The van der Waals surface area contributed by atoms with Crippen molar-refractivity contribution in [3.8, 4) is 0 Å². The van der Waals surface area contributed by atoms with Gasteiger partial charge in [-0.3, -0.25) is 0 Å². The third kappa shape index (κ3) is 3.82. The van der Waals surface area contributed by atoms with Crippen molar-refractivity contribution < 1.29 is 9.53 Å². The average Bonchev–Trinajstić information content (AvgIpc) is 2.53. The zero-order chi connectivity index (χ0) is 15.3. The number of ether oxygens (including phenoxy) is 1. The molecule has 0 aliphatic carbocycles. The Balaban J connectivity index is 2.23. The predicted octanol–water partition coefficient (Wildman–Crippen LogP) is 4.46. The molecular formula is C19H20O2. The van der Waals surface area contributed by atoms with Crippen LogP contribution in [-0.4, -0.2) is 13.1 Å². The van der Waals surface area contributed by atoms with Crippen LogP contribution in [0.2, 0.25) is 0 Å². The monoisotopic (exact) mass is 280 g/mol. The maximum Gasteiger partial charge on any atom is 0.337 e. The highest BCUT2D eigenvalue weighted by Crippen LogP contribution is 2.25. The van der Waals surface area contributed by atoms with E-state index in [0.29, 0.717) is 5.56 Å². The van der Waals surface area contributed by atoms with E-state index in [2.05, 4.69) is 32.1 Å². The number of hydrogen-bond acceptors (Lipinski definition) is 2. The molecular weight excluding hydrogens is 260 g/mol. The van der Waals surface area contributed by atoms with E-state index in [0.717, 1.165) is 5.56 Å². The number of esters is 1. The van der Waals surface area contributed by atoms with Crippen LogP contribution in [0.5, 0.6) is 0 Å². The van der Waals surface area contributed by atoms with Gasteiger partial charge in [0.15, 0.2) is 0 Å². The highest BCUT2D eigenvalue weighted by Gasteiger charge is 2.16. The molecule has 0 N–H and O–H groups in total. The van der Waals surface area contributed by atoms with Gasteiger partial charge in [-0.05, 0) is 23.3 Å². The van der Waals surface area contributed by atoms with Crippen molar-refractivity contribution in [2.24, 2.45) is 0 Å². The van der Waals surface area contributed by atoms with Crippen molar-refractivity contribution in [3.63, 3.8) is 0 Å². The topological polar surface area (TPSA) is 26.3 Å². The molecule has 2 rings (SSSR count). The van der Waals surface area contributed by atoms with Gasteiger partial charge in [0.25, 0.3) is 0 Å². The van der Waals surface area contributed by atoms with Crippen LogP contribution in [0.25, 0.3) is 6.08 Å². The third-order valence-corrected chi connectivity index (χ3v) is 3.52. The van der Waals surface area contributed by atoms with Gasteiger partial charge in [0.05, 0.1) is 12.7 Å². The van der Waals surface area contributed by atoms with E-state index in [1.807, 2.05) is 42.5 Å². The molecule has 0 spiro atoms. The van der Waals surface area contributed by atoms with Gasteiger partial charge in [-0.25, -0.2) is 4.79 Å². The van der Waals surface area contributed by atoms with E-state index < -0.39 is 0 Å². The number of allylic oxidation sites excluding steroid dienone is 1. The summed E-state index contributed by atoms with van der Waals surface area (Å²) in [7, 11) is 1.39. The highest BCUT2D eigenvalue weighted by atomic mass is 16.5. The van der Waals surface area contributed by atoms with Gasteiger partial charge in [0.2, 0.25) is 0 Å². The first-order chi connectivity index (χ1) is 10.0. The number of methoxy groups -OCH3 is 1. The number of rotatable bonds is 4. The van der Waals surface area contributed by atoms with Crippen molar-refractivity contribution >= 4 is 12.0 Å². The smallest absolute Gasteiger partial charge is 0.337 e. The first-order valence-electron chi connectivity index (χ1n) is 6.96. The maximum absolute atomic E-state index is 11.5. The fourth-order valence-corrected chi connectivity index (χ4v) is 2.16. The Morgan fingerprint density at radius 2 is 1.76 bits per heavy atom. The van der Waals surface area contributed by atoms with Gasteiger partial charge in [-0.15, -0.1) is 0 Å². The Morgan fingerprint density at radius 3 is 2.43 bits per heavy atom. The summed E-state index contributed by atoms with van der Waals surface area (Å²) < 4.78 is 4.74. The summed E-state index contributed by atoms with van der Waals surface area (Å²) in [6, 6.07) is 17.8. The fraction of sp³-hybridized carbons (Fsp3) is 0.211. The molecule has 0 aliphatic rings. The van der Waals surface area contributed by atoms with Gasteiger partial charge in [0.1, 0.15) is 0 Å². The SMILES string of the molecule is COC(=O)c1cccc(/C=C/C(C)(C)c2ccccc2)c1. The van der Waals surface area contributed by atoms with Crippen LogP contribution in [0.3, 0.4) is 0 Å². The van der Waals surface area contributed by atoms with Crippen LogP contribution in [0.4, 0.5) is 0 Å². The Hall–Kier alpha value is -2.35. The van der Waals surface area contributed by atoms with Gasteiger partial charge in [0, 0.05) is 5.41 Å². The fourth-order valence-electron chi connectivity index (χ4n) is 2.16. The van der Waals surface area contributed by atoms with Gasteiger partial charge in [-0.2, -0.15) is 0 Å². The van der Waals surface area contributed by atoms with Crippen molar-refractivity contribution in [2.75, 3.05) is 7.11 Å². The molecule has 0 aromatic heterocycles. The Bertz CT molecular complexity index is 640. The summed E-state index contributed by atoms with van der Waals surface area (Å²) in [4.78, 5) is 11.5. The summed E-state index contributed by atoms with van der Waals surface area (Å²) in [5, 5.41) is 0. The molecule has 0 atom stereocenters. The van der Waals surface area contributed by atoms with E-state index in [1.165, 1.54) is 12.7 Å². The molecule has 0 aliphatic heterocycles. The van der Waals surface area contributed by atoms with Crippen molar-refractivity contribution in [1.29, 1.82) is 0 Å². The summed E-state index contributed by atoms with van der Waals surface area (Å²) in [6.07, 6.45) is 4.19. The molecule has 2 nitrogen and oxygen atoms in total. The first kappa shape index (κ1) is 15.0. The number of hydrogen-bond donors (Lipinski definition) is 0. The van der Waals surface area contributed by atoms with Crippen molar-refractivity contribution in [3.05, 3.63) is 77.4 Å². The van der Waals surface area contributed by atoms with E-state index in [1.54, 1.807) is 6.07 Å². The van der Waals surface area contributed by atoms with Crippen molar-refractivity contribution in [2.45, 2.75) is 19.3 Å². The lowest BCUT2D eigenvalue weighted by Gasteiger charge is -2.20. The summed E-state index contributed by atoms with van der Waals surface area (Å²) in [6.45, 7) is 4.34. The molecule has 2 heteroatoms. The average molecular weight is 280 g/mol. The standard InChI is InChI=1S/C19H20O2/c1-19(2,17-10-5-4-6-11-17)13-12-15-8-7-9-16(14-15)18(20)21-3/h4-14H,1-3H3/b13-12+. The lowest BCUT2D eigenvalue weighted by Crippen LogP contribution is -2.12. The van der Waals surface area contributed by atoms with E-state index in [4.69, 9.17) is 4.74 Å². The molecule has 0 radical (unpaired) electrons. The predicted molar refractivity (Wildman–Crippen MR) is 86.3 cm³/mol. The van der Waals surface area contributed by atoms with Gasteiger partial charge >= 0.3 is 5.97 Å². The second-order valence-electron chi connectivity index (χ2n) is 5.54. The second kappa shape index (κ2) is 6.40. The first-order valence-corrected chi connectivity index (χ1v) is 6.96. The van der Waals surface area contributed by atoms with Crippen LogP contribution in [-0.2, 0) is 10.2 Å². The lowest BCUT2D eigenvalue weighted by molar-refractivity contribution is 0.0600. The third-order valence-electron chi connectivity index (χ3n) is 3.52. The summed E-state index contributed by atoms with van der Waals surface area (Å²) in [5.41, 5.74) is 2.74. The molecule has 0 heterocycles. The van der Waals surface area contributed by atoms with Crippen LogP contribution in [0, 0.1) is 0 Å². The number of carbonyl (C=O) groups excluding carboxylic acids is 1. The molecule has 0 bridgehead atoms. The van der Waals surface area contributed by atoms with Gasteiger partial charge < -0.3 is 4.74 Å². The summed E-state index contributed by atoms with van der Waals surface area (Å²) in [5.74, 6) is -0.312. The lowest BCUT2D eigenvalue weighted by atomic mass is 9.84. The molecule has 0 saturated heterocycles. The Morgan fingerprint density at radius 1 is 1.05 bits per heavy atom. The zero-order valence-electron chi connectivity index (χ0n) is 12.7. The zero-order valence-corrected chi connectivity index (χ0v) is 12.7. The van der Waals surface area contributed by atoms with Crippen LogP contribution < -0.4 is 0 Å². The minimum absolute atomic E-state index is 0.0669. The molecule has 21 heavy (non-hydrogen) atoms.